The number of carbonyl (C=O) groups excluding carboxylic acids is 1. The third kappa shape index (κ3) is 1.98. The van der Waals surface area contributed by atoms with E-state index in [9.17, 15) is 4.79 Å². The monoisotopic (exact) mass is 269 g/mol. The molecule has 0 saturated heterocycles. The molecule has 0 fully saturated rings. The van der Waals surface area contributed by atoms with Gasteiger partial charge in [-0.05, 0) is 24.6 Å². The van der Waals surface area contributed by atoms with Gasteiger partial charge >= 0.3 is 5.91 Å². The second-order valence-corrected chi connectivity index (χ2v) is 4.71. The minimum absolute atomic E-state index is 0.253. The molecule has 5 nitrogen and oxygen atoms in total. The van der Waals surface area contributed by atoms with Gasteiger partial charge in [-0.2, -0.15) is 0 Å². The van der Waals surface area contributed by atoms with Crippen molar-refractivity contribution in [1.29, 1.82) is 0 Å². The lowest BCUT2D eigenvalue weighted by molar-refractivity contribution is 0.0924. The maximum absolute atomic E-state index is 11.6. The van der Waals surface area contributed by atoms with E-state index in [4.69, 9.17) is 10.3 Å². The Balaban J connectivity index is 2.02. The molecule has 2 aromatic heterocycles. The highest BCUT2D eigenvalue weighted by Gasteiger charge is 2.15. The summed E-state index contributed by atoms with van der Waals surface area (Å²) in [5, 5.41) is 1.21. The molecule has 0 unspecified atom stereocenters. The van der Waals surface area contributed by atoms with Crippen LogP contribution in [0.2, 0.25) is 0 Å². The SMILES string of the molecule is Cc1cn(Cc2ccoc2C(=O)NN)c2ccccc12. The van der Waals surface area contributed by atoms with Crippen molar-refractivity contribution >= 4 is 16.8 Å². The van der Waals surface area contributed by atoms with E-state index in [1.807, 2.05) is 12.1 Å². The summed E-state index contributed by atoms with van der Waals surface area (Å²) in [4.78, 5) is 11.6. The standard InChI is InChI=1S/C15H15N3O2/c1-10-8-18(13-5-3-2-4-12(10)13)9-11-6-7-20-14(11)15(19)17-16/h2-8H,9,16H2,1H3,(H,17,19). The first-order valence-electron chi connectivity index (χ1n) is 6.32. The third-order valence-corrected chi connectivity index (χ3v) is 3.41. The summed E-state index contributed by atoms with van der Waals surface area (Å²) in [5.74, 6) is 4.99. The van der Waals surface area contributed by atoms with Crippen molar-refractivity contribution in [3.8, 4) is 0 Å². The molecule has 3 rings (SSSR count). The molecule has 0 bridgehead atoms. The van der Waals surface area contributed by atoms with Gasteiger partial charge < -0.3 is 8.98 Å². The van der Waals surface area contributed by atoms with Crippen LogP contribution < -0.4 is 11.3 Å². The summed E-state index contributed by atoms with van der Waals surface area (Å²) in [6.07, 6.45) is 3.57. The Bertz CT molecular complexity index is 770. The van der Waals surface area contributed by atoms with E-state index in [2.05, 4.69) is 35.2 Å². The molecule has 3 aromatic rings. The Morgan fingerprint density at radius 2 is 2.15 bits per heavy atom. The number of para-hydroxylation sites is 1. The topological polar surface area (TPSA) is 73.2 Å². The number of nitrogens with two attached hydrogens (primary N) is 1. The number of fused-ring (bicyclic) bond motifs is 1. The number of nitrogens with zero attached hydrogens (tertiary/aromatic N) is 1. The molecule has 5 heteroatoms. The second kappa shape index (κ2) is 4.86. The first-order chi connectivity index (χ1) is 9.70. The van der Waals surface area contributed by atoms with Crippen LogP contribution in [0, 0.1) is 6.92 Å². The van der Waals surface area contributed by atoms with Crippen molar-refractivity contribution in [2.75, 3.05) is 0 Å². The van der Waals surface area contributed by atoms with Gasteiger partial charge in [-0.25, -0.2) is 5.84 Å². The van der Waals surface area contributed by atoms with Crippen molar-refractivity contribution in [3.05, 3.63) is 59.7 Å². The number of hydrogen-bond acceptors (Lipinski definition) is 3. The minimum atomic E-state index is -0.418. The summed E-state index contributed by atoms with van der Waals surface area (Å²) in [5.41, 5.74) is 5.23. The number of benzene rings is 1. The average molecular weight is 269 g/mol. The third-order valence-electron chi connectivity index (χ3n) is 3.41. The molecule has 1 aromatic carbocycles. The van der Waals surface area contributed by atoms with E-state index in [1.54, 1.807) is 6.07 Å². The van der Waals surface area contributed by atoms with Gasteiger partial charge in [0.1, 0.15) is 0 Å². The van der Waals surface area contributed by atoms with Crippen LogP contribution in [0.3, 0.4) is 0 Å². The highest BCUT2D eigenvalue weighted by atomic mass is 16.3. The predicted octanol–water partition coefficient (Wildman–Crippen LogP) is 2.19. The fraction of sp³-hybridized carbons (Fsp3) is 0.133. The second-order valence-electron chi connectivity index (χ2n) is 4.71. The first kappa shape index (κ1) is 12.5. The lowest BCUT2D eigenvalue weighted by Crippen LogP contribution is -2.30. The first-order valence-corrected chi connectivity index (χ1v) is 6.32. The Morgan fingerprint density at radius 1 is 1.35 bits per heavy atom. The summed E-state index contributed by atoms with van der Waals surface area (Å²) >= 11 is 0. The quantitative estimate of drug-likeness (QED) is 0.435. The number of amides is 1. The predicted molar refractivity (Wildman–Crippen MR) is 76.1 cm³/mol. The van der Waals surface area contributed by atoms with Gasteiger partial charge in [0.05, 0.1) is 12.8 Å². The number of nitrogen functional groups attached to an aromatic ring is 1. The lowest BCUT2D eigenvalue weighted by Gasteiger charge is -2.05. The number of aromatic nitrogens is 1. The van der Waals surface area contributed by atoms with Crippen LogP contribution in [0.15, 0.2) is 47.2 Å². The van der Waals surface area contributed by atoms with E-state index in [-0.39, 0.29) is 5.76 Å². The van der Waals surface area contributed by atoms with Gasteiger partial charge in [0.15, 0.2) is 5.76 Å². The number of hydrazine groups is 1. The zero-order valence-corrected chi connectivity index (χ0v) is 11.1. The van der Waals surface area contributed by atoms with Crippen molar-refractivity contribution in [1.82, 2.24) is 9.99 Å². The molecular formula is C15H15N3O2. The van der Waals surface area contributed by atoms with Gasteiger partial charge in [-0.3, -0.25) is 10.2 Å². The van der Waals surface area contributed by atoms with Crippen LogP contribution >= 0.6 is 0 Å². The van der Waals surface area contributed by atoms with Gasteiger partial charge in [0, 0.05) is 22.7 Å². The Hall–Kier alpha value is -2.53. The number of rotatable bonds is 3. The molecular weight excluding hydrogens is 254 g/mol. The summed E-state index contributed by atoms with van der Waals surface area (Å²) in [6.45, 7) is 2.63. The lowest BCUT2D eigenvalue weighted by atomic mass is 10.2. The average Bonchev–Trinajstić information content (AvgIpc) is 3.05. The number of nitrogens with one attached hydrogen (secondary N) is 1. The fourth-order valence-electron chi connectivity index (χ4n) is 2.47. The summed E-state index contributed by atoms with van der Waals surface area (Å²) in [7, 11) is 0. The van der Waals surface area contributed by atoms with Gasteiger partial charge in [0.25, 0.3) is 0 Å². The molecule has 3 N–H and O–H groups in total. The zero-order valence-electron chi connectivity index (χ0n) is 11.1. The van der Waals surface area contributed by atoms with Crippen LogP contribution in [0.25, 0.3) is 10.9 Å². The minimum Gasteiger partial charge on any atom is -0.459 e. The van der Waals surface area contributed by atoms with Crippen molar-refractivity contribution in [2.24, 2.45) is 5.84 Å². The molecule has 0 spiro atoms. The number of hydrogen-bond donors (Lipinski definition) is 2. The van der Waals surface area contributed by atoms with Crippen LogP contribution in [-0.2, 0) is 6.54 Å². The molecule has 1 amide bonds. The molecule has 102 valence electrons. The Labute approximate surface area is 115 Å². The zero-order chi connectivity index (χ0) is 14.1. The molecule has 0 radical (unpaired) electrons. The van der Waals surface area contributed by atoms with Crippen LogP contribution in [0.4, 0.5) is 0 Å². The normalized spacial score (nSPS) is 10.9. The molecule has 0 aliphatic carbocycles. The Kier molecular flexibility index (Phi) is 3.04. The number of carbonyl (C=O) groups is 1. The fourth-order valence-corrected chi connectivity index (χ4v) is 2.47. The van der Waals surface area contributed by atoms with E-state index < -0.39 is 5.91 Å². The van der Waals surface area contributed by atoms with Crippen molar-refractivity contribution < 1.29 is 9.21 Å². The maximum Gasteiger partial charge on any atom is 0.301 e. The highest BCUT2D eigenvalue weighted by molar-refractivity contribution is 5.92. The highest BCUT2D eigenvalue weighted by Crippen LogP contribution is 2.22. The van der Waals surface area contributed by atoms with Crippen molar-refractivity contribution in [3.63, 3.8) is 0 Å². The van der Waals surface area contributed by atoms with E-state index in [1.165, 1.54) is 17.2 Å². The van der Waals surface area contributed by atoms with Crippen LogP contribution in [0.5, 0.6) is 0 Å². The molecule has 0 aliphatic heterocycles. The molecule has 20 heavy (non-hydrogen) atoms. The number of aryl methyl sites for hydroxylation is 1. The molecule has 2 heterocycles. The molecule has 0 atom stereocenters. The van der Waals surface area contributed by atoms with Crippen LogP contribution in [0.1, 0.15) is 21.7 Å². The Morgan fingerprint density at radius 3 is 2.95 bits per heavy atom. The maximum atomic E-state index is 11.6. The number of furan rings is 1. The molecule has 0 aliphatic rings. The summed E-state index contributed by atoms with van der Waals surface area (Å²) < 4.78 is 7.30. The molecule has 0 saturated carbocycles. The smallest absolute Gasteiger partial charge is 0.301 e. The van der Waals surface area contributed by atoms with Gasteiger partial charge in [-0.15, -0.1) is 0 Å². The van der Waals surface area contributed by atoms with E-state index in [0.29, 0.717) is 6.54 Å². The van der Waals surface area contributed by atoms with Gasteiger partial charge in [-0.1, -0.05) is 18.2 Å². The van der Waals surface area contributed by atoms with E-state index in [0.717, 1.165) is 11.1 Å². The van der Waals surface area contributed by atoms with Crippen molar-refractivity contribution in [2.45, 2.75) is 13.5 Å². The summed E-state index contributed by atoms with van der Waals surface area (Å²) in [6, 6.07) is 9.95. The van der Waals surface area contributed by atoms with Crippen LogP contribution in [-0.4, -0.2) is 10.5 Å². The largest absolute Gasteiger partial charge is 0.459 e. The van der Waals surface area contributed by atoms with E-state index >= 15 is 0 Å². The van der Waals surface area contributed by atoms with Gasteiger partial charge in [0.2, 0.25) is 0 Å².